The van der Waals surface area contributed by atoms with Gasteiger partial charge < -0.3 is 14.4 Å². The molecule has 12 heteroatoms. The number of carbonyl (C=O) groups is 1. The molecule has 36 heavy (non-hydrogen) atoms. The molecular weight excluding hydrogens is 520 g/mol. The summed E-state index contributed by atoms with van der Waals surface area (Å²) in [4.78, 5) is 21.5. The van der Waals surface area contributed by atoms with E-state index in [-0.39, 0.29) is 22.0 Å². The molecule has 9 nitrogen and oxygen atoms in total. The molecule has 0 bridgehead atoms. The molecule has 2 aromatic heterocycles. The second-order valence-electron chi connectivity index (χ2n) is 8.66. The zero-order valence-corrected chi connectivity index (χ0v) is 22.1. The maximum Gasteiger partial charge on any atom is 0.263 e. The van der Waals surface area contributed by atoms with Crippen molar-refractivity contribution in [3.63, 3.8) is 0 Å². The van der Waals surface area contributed by atoms with Crippen molar-refractivity contribution < 1.29 is 13.2 Å². The first-order valence-corrected chi connectivity index (χ1v) is 14.1. The molecule has 1 aliphatic heterocycles. The molecule has 188 valence electrons. The number of halogens is 1. The maximum absolute atomic E-state index is 13.2. The number of rotatable bonds is 6. The van der Waals surface area contributed by atoms with Gasteiger partial charge in [0.25, 0.3) is 10.0 Å². The third-order valence-corrected chi connectivity index (χ3v) is 8.75. The van der Waals surface area contributed by atoms with Crippen molar-refractivity contribution in [2.24, 2.45) is 0 Å². The van der Waals surface area contributed by atoms with Crippen molar-refractivity contribution in [3.05, 3.63) is 65.6 Å². The molecule has 3 heterocycles. The van der Waals surface area contributed by atoms with Crippen LogP contribution in [0.2, 0.25) is 5.02 Å². The first-order valence-electron chi connectivity index (χ1n) is 11.4. The molecule has 5 rings (SSSR count). The molecular formula is C24H25ClN6O3S2. The standard InChI is InChI=1S/C24H25ClN6O3S2/c1-16(31-10-9-18-3-4-19(25)15-22(18)31)23(32)30-13-11-29(12-14-30)20-5-7-21(8-6-20)36(33,34)28-24-26-17(2)27-35-24/h3-10,15-16H,11-14H2,1-2H3,(H,26,27,28)/t16-/m1/s1. The summed E-state index contributed by atoms with van der Waals surface area (Å²) in [6.45, 7) is 6.10. The van der Waals surface area contributed by atoms with E-state index in [9.17, 15) is 13.2 Å². The van der Waals surface area contributed by atoms with Crippen molar-refractivity contribution in [2.75, 3.05) is 35.8 Å². The van der Waals surface area contributed by atoms with Crippen LogP contribution in [0.15, 0.2) is 59.6 Å². The summed E-state index contributed by atoms with van der Waals surface area (Å²) in [5.41, 5.74) is 1.85. The van der Waals surface area contributed by atoms with E-state index in [1.54, 1.807) is 31.2 Å². The summed E-state index contributed by atoms with van der Waals surface area (Å²) < 4.78 is 33.7. The third-order valence-electron chi connectivity index (χ3n) is 6.31. The first kappa shape index (κ1) is 24.5. The Balaban J connectivity index is 1.21. The lowest BCUT2D eigenvalue weighted by Gasteiger charge is -2.37. The minimum absolute atomic E-state index is 0.0616. The zero-order valence-electron chi connectivity index (χ0n) is 19.8. The number of hydrogen-bond acceptors (Lipinski definition) is 7. The van der Waals surface area contributed by atoms with Crippen LogP contribution in [0.5, 0.6) is 0 Å². The first-order chi connectivity index (χ1) is 17.2. The minimum Gasteiger partial charge on any atom is -0.368 e. The van der Waals surface area contributed by atoms with Gasteiger partial charge in [0.05, 0.1) is 10.4 Å². The van der Waals surface area contributed by atoms with Gasteiger partial charge >= 0.3 is 0 Å². The number of carbonyl (C=O) groups excluding carboxylic acids is 1. The summed E-state index contributed by atoms with van der Waals surface area (Å²) in [5.74, 6) is 0.581. The number of nitrogens with zero attached hydrogens (tertiary/aromatic N) is 5. The van der Waals surface area contributed by atoms with Crippen LogP contribution in [-0.2, 0) is 14.8 Å². The Morgan fingerprint density at radius 2 is 1.81 bits per heavy atom. The Bertz CT molecular complexity index is 1510. The number of hydrogen-bond donors (Lipinski definition) is 1. The van der Waals surface area contributed by atoms with Crippen LogP contribution in [-0.4, -0.2) is 59.3 Å². The summed E-state index contributed by atoms with van der Waals surface area (Å²) >= 11 is 7.17. The van der Waals surface area contributed by atoms with Gasteiger partial charge in [-0.25, -0.2) is 13.4 Å². The molecule has 0 radical (unpaired) electrons. The van der Waals surface area contributed by atoms with Crippen molar-refractivity contribution in [2.45, 2.75) is 24.8 Å². The molecule has 1 saturated heterocycles. The number of benzene rings is 2. The fourth-order valence-electron chi connectivity index (χ4n) is 4.38. The van der Waals surface area contributed by atoms with E-state index in [4.69, 9.17) is 11.6 Å². The molecule has 0 unspecified atom stereocenters. The van der Waals surface area contributed by atoms with Crippen molar-refractivity contribution in [1.29, 1.82) is 0 Å². The van der Waals surface area contributed by atoms with Gasteiger partial charge in [-0.2, -0.15) is 4.37 Å². The molecule has 0 aliphatic carbocycles. The van der Waals surface area contributed by atoms with E-state index in [2.05, 4.69) is 19.0 Å². The Kier molecular flexibility index (Phi) is 6.62. The Morgan fingerprint density at radius 3 is 2.47 bits per heavy atom. The highest BCUT2D eigenvalue weighted by Crippen LogP contribution is 2.26. The lowest BCUT2D eigenvalue weighted by Crippen LogP contribution is -2.50. The van der Waals surface area contributed by atoms with Crippen molar-refractivity contribution in [1.82, 2.24) is 18.8 Å². The second kappa shape index (κ2) is 9.72. The van der Waals surface area contributed by atoms with Gasteiger partial charge in [-0.1, -0.05) is 17.7 Å². The molecule has 1 aliphatic rings. The maximum atomic E-state index is 13.2. The van der Waals surface area contributed by atoms with Crippen LogP contribution < -0.4 is 9.62 Å². The highest BCUT2D eigenvalue weighted by Gasteiger charge is 2.27. The number of fused-ring (bicyclic) bond motifs is 1. The number of anilines is 2. The van der Waals surface area contributed by atoms with Crippen molar-refractivity contribution in [3.8, 4) is 0 Å². The topological polar surface area (TPSA) is 100 Å². The number of nitrogens with one attached hydrogen (secondary N) is 1. The predicted molar refractivity (Wildman–Crippen MR) is 142 cm³/mol. The fourth-order valence-corrected chi connectivity index (χ4v) is 6.34. The van der Waals surface area contributed by atoms with Crippen LogP contribution in [0.3, 0.4) is 0 Å². The van der Waals surface area contributed by atoms with Crippen LogP contribution in [0.25, 0.3) is 10.9 Å². The quantitative estimate of drug-likeness (QED) is 0.391. The third kappa shape index (κ3) is 4.91. The SMILES string of the molecule is Cc1nsc(NS(=O)(=O)c2ccc(N3CCN(C(=O)[C@@H](C)n4ccc5ccc(Cl)cc54)CC3)cc2)n1. The summed E-state index contributed by atoms with van der Waals surface area (Å²) in [6.07, 6.45) is 1.93. The smallest absolute Gasteiger partial charge is 0.263 e. The average molecular weight is 545 g/mol. The number of aromatic nitrogens is 3. The summed E-state index contributed by atoms with van der Waals surface area (Å²) in [7, 11) is -3.74. The highest BCUT2D eigenvalue weighted by molar-refractivity contribution is 7.93. The Morgan fingerprint density at radius 1 is 1.08 bits per heavy atom. The second-order valence-corrected chi connectivity index (χ2v) is 11.5. The molecule has 1 atom stereocenters. The van der Waals surface area contributed by atoms with Crippen LogP contribution in [0.1, 0.15) is 18.8 Å². The van der Waals surface area contributed by atoms with Gasteiger partial charge in [0.1, 0.15) is 11.9 Å². The van der Waals surface area contributed by atoms with Gasteiger partial charge in [-0.3, -0.25) is 9.52 Å². The summed E-state index contributed by atoms with van der Waals surface area (Å²) in [5, 5.41) is 1.92. The van der Waals surface area contributed by atoms with E-state index < -0.39 is 10.0 Å². The molecule has 1 N–H and O–H groups in total. The van der Waals surface area contributed by atoms with E-state index >= 15 is 0 Å². The Labute approximate surface area is 218 Å². The number of amides is 1. The number of aryl methyl sites for hydroxylation is 1. The van der Waals surface area contributed by atoms with Gasteiger partial charge in [0.15, 0.2) is 0 Å². The van der Waals surface area contributed by atoms with Crippen molar-refractivity contribution >= 4 is 60.8 Å². The van der Waals surface area contributed by atoms with E-state index in [1.807, 2.05) is 46.9 Å². The largest absolute Gasteiger partial charge is 0.368 e. The normalized spacial score (nSPS) is 15.3. The highest BCUT2D eigenvalue weighted by atomic mass is 35.5. The van der Waals surface area contributed by atoms with Crippen LogP contribution in [0.4, 0.5) is 10.8 Å². The molecule has 1 fully saturated rings. The molecule has 4 aromatic rings. The zero-order chi connectivity index (χ0) is 25.4. The summed E-state index contributed by atoms with van der Waals surface area (Å²) in [6, 6.07) is 14.0. The molecule has 2 aromatic carbocycles. The minimum atomic E-state index is -3.74. The number of piperazine rings is 1. The predicted octanol–water partition coefficient (Wildman–Crippen LogP) is 4.17. The van der Waals surface area contributed by atoms with Gasteiger partial charge in [0.2, 0.25) is 11.0 Å². The lowest BCUT2D eigenvalue weighted by atomic mass is 10.2. The monoisotopic (exact) mass is 544 g/mol. The Hall–Kier alpha value is -3.15. The lowest BCUT2D eigenvalue weighted by molar-refractivity contribution is -0.134. The fraction of sp³-hybridized carbons (Fsp3) is 0.292. The van der Waals surface area contributed by atoms with Crippen LogP contribution in [0, 0.1) is 6.92 Å². The van der Waals surface area contributed by atoms with Gasteiger partial charge in [-0.15, -0.1) is 0 Å². The van der Waals surface area contributed by atoms with E-state index in [0.717, 1.165) is 28.1 Å². The van der Waals surface area contributed by atoms with E-state index in [0.29, 0.717) is 37.0 Å². The van der Waals surface area contributed by atoms with Gasteiger partial charge in [-0.05, 0) is 61.7 Å². The van der Waals surface area contributed by atoms with E-state index in [1.165, 1.54) is 0 Å². The van der Waals surface area contributed by atoms with Crippen LogP contribution >= 0.6 is 23.1 Å². The van der Waals surface area contributed by atoms with Gasteiger partial charge in [0, 0.05) is 54.6 Å². The number of sulfonamides is 1. The molecule has 0 saturated carbocycles. The average Bonchev–Trinajstić information content (AvgIpc) is 3.48. The molecule has 1 amide bonds. The molecule has 0 spiro atoms.